The van der Waals surface area contributed by atoms with Crippen LogP contribution in [0.3, 0.4) is 0 Å². The van der Waals surface area contributed by atoms with Crippen molar-refractivity contribution in [1.82, 2.24) is 4.83 Å². The zero-order chi connectivity index (χ0) is 18.7. The van der Waals surface area contributed by atoms with Crippen LogP contribution in [-0.2, 0) is 10.0 Å². The molecular formula is C15H12BrF3N2O3S. The van der Waals surface area contributed by atoms with E-state index in [0.717, 1.165) is 17.8 Å². The molecule has 0 aromatic heterocycles. The second-order valence-electron chi connectivity index (χ2n) is 4.90. The molecule has 2 aromatic rings. The van der Waals surface area contributed by atoms with Gasteiger partial charge < -0.3 is 4.74 Å². The molecule has 2 aromatic carbocycles. The van der Waals surface area contributed by atoms with Gasteiger partial charge in [0, 0.05) is 0 Å². The predicted octanol–water partition coefficient (Wildman–Crippen LogP) is 3.97. The van der Waals surface area contributed by atoms with E-state index in [1.54, 1.807) is 12.1 Å². The van der Waals surface area contributed by atoms with Gasteiger partial charge in [-0.25, -0.2) is 4.83 Å². The van der Waals surface area contributed by atoms with Crippen molar-refractivity contribution in [3.05, 3.63) is 58.1 Å². The second kappa shape index (κ2) is 7.44. The molecule has 0 aliphatic heterocycles. The van der Waals surface area contributed by atoms with Gasteiger partial charge in [0.25, 0.3) is 10.0 Å². The highest BCUT2D eigenvalue weighted by molar-refractivity contribution is 9.10. The summed E-state index contributed by atoms with van der Waals surface area (Å²) in [4.78, 5) is 2.08. The first-order valence-electron chi connectivity index (χ1n) is 6.74. The number of halogens is 4. The monoisotopic (exact) mass is 436 g/mol. The van der Waals surface area contributed by atoms with Crippen LogP contribution in [0.4, 0.5) is 13.2 Å². The summed E-state index contributed by atoms with van der Waals surface area (Å²) in [5.41, 5.74) is 1.28. The van der Waals surface area contributed by atoms with Crippen molar-refractivity contribution in [3.8, 4) is 5.75 Å². The summed E-state index contributed by atoms with van der Waals surface area (Å²) in [5.74, 6) is -0.412. The number of nitrogens with zero attached hydrogens (tertiary/aromatic N) is 1. The molecule has 0 fully saturated rings. The van der Waals surface area contributed by atoms with Crippen LogP contribution in [0.15, 0.2) is 56.9 Å². The first-order valence-corrected chi connectivity index (χ1v) is 9.01. The first-order chi connectivity index (χ1) is 11.6. The number of aryl methyl sites for hydroxylation is 1. The normalized spacial score (nSPS) is 12.4. The molecule has 10 heteroatoms. The van der Waals surface area contributed by atoms with Crippen LogP contribution in [0, 0.1) is 6.92 Å². The van der Waals surface area contributed by atoms with Crippen LogP contribution in [0.25, 0.3) is 0 Å². The number of hydrogen-bond acceptors (Lipinski definition) is 4. The molecule has 0 bridgehead atoms. The molecule has 0 saturated carbocycles. The lowest BCUT2D eigenvalue weighted by molar-refractivity contribution is -0.274. The fraction of sp³-hybridized carbons (Fsp3) is 0.133. The van der Waals surface area contributed by atoms with Crippen molar-refractivity contribution < 1.29 is 26.3 Å². The highest BCUT2D eigenvalue weighted by atomic mass is 79.9. The van der Waals surface area contributed by atoms with Crippen LogP contribution in [0.2, 0.25) is 0 Å². The molecular weight excluding hydrogens is 425 g/mol. The van der Waals surface area contributed by atoms with E-state index in [2.05, 4.69) is 25.8 Å². The van der Waals surface area contributed by atoms with E-state index >= 15 is 0 Å². The Morgan fingerprint density at radius 3 is 2.36 bits per heavy atom. The summed E-state index contributed by atoms with van der Waals surface area (Å²) in [5, 5.41) is 3.61. The number of sulfonamides is 1. The van der Waals surface area contributed by atoms with Gasteiger partial charge in [0.1, 0.15) is 5.75 Å². The van der Waals surface area contributed by atoms with Crippen LogP contribution >= 0.6 is 15.9 Å². The Balaban J connectivity index is 2.09. The maximum Gasteiger partial charge on any atom is 0.573 e. The van der Waals surface area contributed by atoms with Crippen molar-refractivity contribution >= 4 is 32.2 Å². The average Bonchev–Trinajstić information content (AvgIpc) is 2.49. The van der Waals surface area contributed by atoms with Gasteiger partial charge in [0.15, 0.2) is 0 Å². The van der Waals surface area contributed by atoms with Crippen molar-refractivity contribution in [2.24, 2.45) is 5.10 Å². The Morgan fingerprint density at radius 1 is 1.16 bits per heavy atom. The minimum Gasteiger partial charge on any atom is -0.405 e. The van der Waals surface area contributed by atoms with E-state index in [9.17, 15) is 21.6 Å². The molecule has 0 heterocycles. The minimum atomic E-state index is -4.80. The maximum absolute atomic E-state index is 12.2. The smallest absolute Gasteiger partial charge is 0.405 e. The number of nitrogens with one attached hydrogen (secondary N) is 1. The predicted molar refractivity (Wildman–Crippen MR) is 89.9 cm³/mol. The summed E-state index contributed by atoms with van der Waals surface area (Å²) in [6.45, 7) is 1.83. The molecule has 0 saturated heterocycles. The molecule has 0 spiro atoms. The first kappa shape index (κ1) is 19.3. The van der Waals surface area contributed by atoms with E-state index < -0.39 is 22.1 Å². The van der Waals surface area contributed by atoms with Gasteiger partial charge in [0.05, 0.1) is 15.6 Å². The Kier molecular flexibility index (Phi) is 5.73. The third-order valence-electron chi connectivity index (χ3n) is 2.90. The van der Waals surface area contributed by atoms with Crippen LogP contribution in [0.1, 0.15) is 11.1 Å². The van der Waals surface area contributed by atoms with Gasteiger partial charge in [-0.15, -0.1) is 13.2 Å². The molecule has 0 aliphatic carbocycles. The summed E-state index contributed by atoms with van der Waals surface area (Å²) >= 11 is 2.95. The van der Waals surface area contributed by atoms with Gasteiger partial charge in [-0.05, 0) is 58.7 Å². The maximum atomic E-state index is 12.2. The van der Waals surface area contributed by atoms with Crippen molar-refractivity contribution in [2.75, 3.05) is 0 Å². The molecule has 0 unspecified atom stereocenters. The number of benzene rings is 2. The zero-order valence-electron chi connectivity index (χ0n) is 12.7. The van der Waals surface area contributed by atoms with Gasteiger partial charge in [0.2, 0.25) is 0 Å². The van der Waals surface area contributed by atoms with Gasteiger partial charge in [-0.3, -0.25) is 0 Å². The zero-order valence-corrected chi connectivity index (χ0v) is 15.1. The lowest BCUT2D eigenvalue weighted by atomic mass is 10.2. The van der Waals surface area contributed by atoms with Crippen LogP contribution in [-0.4, -0.2) is 21.0 Å². The number of hydrogen-bond donors (Lipinski definition) is 1. The van der Waals surface area contributed by atoms with Gasteiger partial charge >= 0.3 is 6.36 Å². The molecule has 134 valence electrons. The number of alkyl halides is 3. The lowest BCUT2D eigenvalue weighted by Crippen LogP contribution is -2.18. The quantitative estimate of drug-likeness (QED) is 0.569. The third-order valence-corrected chi connectivity index (χ3v) is 4.76. The second-order valence-corrected chi connectivity index (χ2v) is 7.42. The van der Waals surface area contributed by atoms with E-state index in [1.165, 1.54) is 24.3 Å². The minimum absolute atomic E-state index is 0.0466. The Morgan fingerprint density at radius 2 is 1.80 bits per heavy atom. The molecule has 5 nitrogen and oxygen atoms in total. The summed E-state index contributed by atoms with van der Waals surface area (Å²) in [6.07, 6.45) is -3.64. The Labute approximate surface area is 150 Å². The Bertz CT molecular complexity index is 882. The molecule has 0 atom stereocenters. The van der Waals surface area contributed by atoms with E-state index in [1.807, 2.05) is 11.8 Å². The fourth-order valence-electron chi connectivity index (χ4n) is 1.75. The van der Waals surface area contributed by atoms with Crippen LogP contribution < -0.4 is 9.57 Å². The lowest BCUT2D eigenvalue weighted by Gasteiger charge is -2.10. The molecule has 1 N–H and O–H groups in total. The average molecular weight is 437 g/mol. The Hall–Kier alpha value is -2.07. The van der Waals surface area contributed by atoms with Gasteiger partial charge in [-0.1, -0.05) is 17.7 Å². The fourth-order valence-corrected chi connectivity index (χ4v) is 3.01. The molecule has 0 amide bonds. The highest BCUT2D eigenvalue weighted by Gasteiger charge is 2.31. The number of ether oxygens (including phenoxy) is 1. The van der Waals surface area contributed by atoms with E-state index in [4.69, 9.17) is 0 Å². The van der Waals surface area contributed by atoms with E-state index in [0.29, 0.717) is 5.56 Å². The van der Waals surface area contributed by atoms with Crippen molar-refractivity contribution in [3.63, 3.8) is 0 Å². The number of hydrazone groups is 1. The largest absolute Gasteiger partial charge is 0.573 e. The summed E-state index contributed by atoms with van der Waals surface area (Å²) in [6, 6.07) is 9.87. The SMILES string of the molecule is Cc1ccc(S(=O)(=O)NN=Cc2ccc(OC(F)(F)F)c(Br)c2)cc1. The molecule has 25 heavy (non-hydrogen) atoms. The number of rotatable bonds is 5. The van der Waals surface area contributed by atoms with Crippen molar-refractivity contribution in [2.45, 2.75) is 18.2 Å². The van der Waals surface area contributed by atoms with Crippen molar-refractivity contribution in [1.29, 1.82) is 0 Å². The summed E-state index contributed by atoms with van der Waals surface area (Å²) in [7, 11) is -3.82. The topological polar surface area (TPSA) is 67.8 Å². The highest BCUT2D eigenvalue weighted by Crippen LogP contribution is 2.30. The molecule has 0 radical (unpaired) electrons. The van der Waals surface area contributed by atoms with Crippen LogP contribution in [0.5, 0.6) is 5.75 Å². The third kappa shape index (κ3) is 5.75. The molecule has 0 aliphatic rings. The molecule has 2 rings (SSSR count). The standard InChI is InChI=1S/C15H12BrF3N2O3S/c1-10-2-5-12(6-3-10)25(22,23)21-20-9-11-4-7-14(13(16)8-11)24-15(17,18)19/h2-9,21H,1H3. The van der Waals surface area contributed by atoms with Gasteiger partial charge in [-0.2, -0.15) is 13.5 Å². The van der Waals surface area contributed by atoms with E-state index in [-0.39, 0.29) is 9.37 Å². The summed E-state index contributed by atoms with van der Waals surface area (Å²) < 4.78 is 64.5.